The number of ether oxygens (including phenoxy) is 3. The minimum Gasteiger partial charge on any atom is -0.462 e. The molecular weight excluding hydrogens is 913 g/mol. The van der Waals surface area contributed by atoms with Crippen LogP contribution in [-0.2, 0) is 28.6 Å². The molecule has 0 rings (SSSR count). The summed E-state index contributed by atoms with van der Waals surface area (Å²) in [6, 6.07) is 0. The van der Waals surface area contributed by atoms with Gasteiger partial charge in [-0.2, -0.15) is 0 Å². The van der Waals surface area contributed by atoms with Crippen molar-refractivity contribution in [1.29, 1.82) is 0 Å². The van der Waals surface area contributed by atoms with Crippen molar-refractivity contribution >= 4 is 17.9 Å². The SMILES string of the molecule is CC/C=C\C/C=C\C/C=C\C/C=C\C/C=C\CCCCCCCCCCCCCC(=O)OCC(COC(=O)CCCCCCC/C=C\CCCCCCC)OC(=O)CCCCCCC/C=C\C/C=C\C/C=C\CC. The lowest BCUT2D eigenvalue weighted by molar-refractivity contribution is -0.167. The molecule has 0 aliphatic heterocycles. The molecule has 0 fully saturated rings. The van der Waals surface area contributed by atoms with E-state index in [0.29, 0.717) is 19.3 Å². The number of rotatable bonds is 55. The summed E-state index contributed by atoms with van der Waals surface area (Å²) < 4.78 is 16.9. The molecule has 0 aromatic rings. The first kappa shape index (κ1) is 70.1. The first-order chi connectivity index (χ1) is 36.5. The summed E-state index contributed by atoms with van der Waals surface area (Å²) in [7, 11) is 0. The topological polar surface area (TPSA) is 78.9 Å². The van der Waals surface area contributed by atoms with Gasteiger partial charge in [-0.15, -0.1) is 0 Å². The Hall–Kier alpha value is -3.93. The Bertz CT molecular complexity index is 1510. The molecule has 0 aromatic carbocycles. The molecule has 0 amide bonds. The number of carbonyl (C=O) groups is 3. The fourth-order valence-corrected chi connectivity index (χ4v) is 8.42. The van der Waals surface area contributed by atoms with E-state index in [2.05, 4.69) is 130 Å². The Labute approximate surface area is 457 Å². The molecule has 0 bridgehead atoms. The van der Waals surface area contributed by atoms with Gasteiger partial charge in [0.2, 0.25) is 0 Å². The van der Waals surface area contributed by atoms with Gasteiger partial charge < -0.3 is 14.2 Å². The molecule has 6 nitrogen and oxygen atoms in total. The first-order valence-corrected chi connectivity index (χ1v) is 30.9. The standard InChI is InChI=1S/C68H114O6/c1-4-7-10-13-16-19-22-25-28-29-30-31-32-33-34-35-36-37-38-39-41-43-46-49-52-55-58-61-67(70)73-64-65(63-72-66(69)60-57-54-51-48-45-42-27-24-21-18-15-12-9-6-3)74-68(71)62-59-56-53-50-47-44-40-26-23-20-17-14-11-8-5-2/h7-8,10-11,16-17,19-20,24-28,30-31,33-34,40,65H,4-6,9,12-15,18,21-23,29,32,35-39,41-64H2,1-3H3/b10-7-,11-8-,19-16-,20-17-,27-24-,28-25-,31-30-,34-33-,40-26-. The van der Waals surface area contributed by atoms with E-state index in [1.165, 1.54) is 109 Å². The molecule has 0 radical (unpaired) electrons. The molecule has 0 N–H and O–H groups in total. The predicted molar refractivity (Wildman–Crippen MR) is 320 cm³/mol. The van der Waals surface area contributed by atoms with E-state index in [1.54, 1.807) is 0 Å². The predicted octanol–water partition coefficient (Wildman–Crippen LogP) is 21.0. The summed E-state index contributed by atoms with van der Waals surface area (Å²) in [6.07, 6.45) is 83.7. The normalized spacial score (nSPS) is 12.9. The maximum absolute atomic E-state index is 12.9. The molecule has 0 aromatic heterocycles. The van der Waals surface area contributed by atoms with Gasteiger partial charge in [-0.05, 0) is 122 Å². The number of hydrogen-bond acceptors (Lipinski definition) is 6. The van der Waals surface area contributed by atoms with E-state index in [-0.39, 0.29) is 31.1 Å². The van der Waals surface area contributed by atoms with Crippen LogP contribution in [0, 0.1) is 0 Å². The molecule has 0 aliphatic carbocycles. The number of carbonyl (C=O) groups excluding carboxylic acids is 3. The summed E-state index contributed by atoms with van der Waals surface area (Å²) >= 11 is 0. The molecule has 0 heterocycles. The van der Waals surface area contributed by atoms with Gasteiger partial charge in [0.25, 0.3) is 0 Å². The summed E-state index contributed by atoms with van der Waals surface area (Å²) in [5.41, 5.74) is 0. The van der Waals surface area contributed by atoms with Crippen molar-refractivity contribution in [2.45, 2.75) is 290 Å². The average Bonchev–Trinajstić information content (AvgIpc) is 3.40. The zero-order valence-electron chi connectivity index (χ0n) is 48.3. The van der Waals surface area contributed by atoms with E-state index >= 15 is 0 Å². The Morgan fingerprint density at radius 3 is 0.838 bits per heavy atom. The maximum atomic E-state index is 12.9. The first-order valence-electron chi connectivity index (χ1n) is 30.9. The zero-order chi connectivity index (χ0) is 53.6. The van der Waals surface area contributed by atoms with Gasteiger partial charge in [-0.25, -0.2) is 0 Å². The lowest BCUT2D eigenvalue weighted by Crippen LogP contribution is -2.30. The summed E-state index contributed by atoms with van der Waals surface area (Å²) in [5.74, 6) is -0.913. The highest BCUT2D eigenvalue weighted by molar-refractivity contribution is 5.71. The Kier molecular flexibility index (Phi) is 58.3. The van der Waals surface area contributed by atoms with Crippen molar-refractivity contribution in [1.82, 2.24) is 0 Å². The van der Waals surface area contributed by atoms with Crippen LogP contribution < -0.4 is 0 Å². The third kappa shape index (κ3) is 59.0. The van der Waals surface area contributed by atoms with Crippen LogP contribution in [0.4, 0.5) is 0 Å². The van der Waals surface area contributed by atoms with Crippen LogP contribution in [0.2, 0.25) is 0 Å². The van der Waals surface area contributed by atoms with Crippen LogP contribution in [0.1, 0.15) is 284 Å². The lowest BCUT2D eigenvalue weighted by atomic mass is 10.0. The van der Waals surface area contributed by atoms with Gasteiger partial charge >= 0.3 is 17.9 Å². The fourth-order valence-electron chi connectivity index (χ4n) is 8.42. The third-order valence-electron chi connectivity index (χ3n) is 13.0. The van der Waals surface area contributed by atoms with Crippen LogP contribution >= 0.6 is 0 Å². The van der Waals surface area contributed by atoms with Crippen LogP contribution in [0.25, 0.3) is 0 Å². The average molecular weight is 1030 g/mol. The van der Waals surface area contributed by atoms with Crippen molar-refractivity contribution in [3.05, 3.63) is 109 Å². The van der Waals surface area contributed by atoms with Gasteiger partial charge in [0.05, 0.1) is 0 Å². The van der Waals surface area contributed by atoms with Crippen molar-refractivity contribution in [3.8, 4) is 0 Å². The second kappa shape index (κ2) is 61.6. The molecule has 0 saturated carbocycles. The minimum absolute atomic E-state index is 0.0895. The smallest absolute Gasteiger partial charge is 0.306 e. The van der Waals surface area contributed by atoms with E-state index in [4.69, 9.17) is 14.2 Å². The van der Waals surface area contributed by atoms with E-state index in [1.807, 2.05) is 0 Å². The van der Waals surface area contributed by atoms with Crippen molar-refractivity contribution in [2.75, 3.05) is 13.2 Å². The number of esters is 3. The number of unbranched alkanes of at least 4 members (excludes halogenated alkanes) is 26. The number of hydrogen-bond donors (Lipinski definition) is 0. The highest BCUT2D eigenvalue weighted by Gasteiger charge is 2.19. The van der Waals surface area contributed by atoms with Crippen molar-refractivity contribution in [3.63, 3.8) is 0 Å². The molecule has 422 valence electrons. The van der Waals surface area contributed by atoms with E-state index in [0.717, 1.165) is 135 Å². The van der Waals surface area contributed by atoms with Gasteiger partial charge in [0, 0.05) is 19.3 Å². The quantitative estimate of drug-likeness (QED) is 0.0261. The van der Waals surface area contributed by atoms with E-state index < -0.39 is 6.10 Å². The van der Waals surface area contributed by atoms with Crippen LogP contribution in [0.5, 0.6) is 0 Å². The maximum Gasteiger partial charge on any atom is 0.306 e. The number of allylic oxidation sites excluding steroid dienone is 18. The summed E-state index contributed by atoms with van der Waals surface area (Å²) in [6.45, 7) is 6.39. The van der Waals surface area contributed by atoms with Gasteiger partial charge in [0.1, 0.15) is 13.2 Å². The molecule has 1 unspecified atom stereocenters. The van der Waals surface area contributed by atoms with Crippen LogP contribution in [0.3, 0.4) is 0 Å². The highest BCUT2D eigenvalue weighted by atomic mass is 16.6. The summed E-state index contributed by atoms with van der Waals surface area (Å²) in [4.78, 5) is 38.2. The van der Waals surface area contributed by atoms with Crippen molar-refractivity contribution < 1.29 is 28.6 Å². The monoisotopic (exact) mass is 1030 g/mol. The van der Waals surface area contributed by atoms with Gasteiger partial charge in [0.15, 0.2) is 6.10 Å². The molecule has 0 saturated heterocycles. The Morgan fingerprint density at radius 1 is 0.284 bits per heavy atom. The molecule has 1 atom stereocenters. The molecule has 0 spiro atoms. The van der Waals surface area contributed by atoms with Crippen LogP contribution in [0.15, 0.2) is 109 Å². The third-order valence-corrected chi connectivity index (χ3v) is 13.0. The minimum atomic E-state index is -0.793. The Morgan fingerprint density at radius 2 is 0.527 bits per heavy atom. The molecule has 0 aliphatic rings. The summed E-state index contributed by atoms with van der Waals surface area (Å²) in [5, 5.41) is 0. The highest BCUT2D eigenvalue weighted by Crippen LogP contribution is 2.15. The molecule has 74 heavy (non-hydrogen) atoms. The Balaban J connectivity index is 4.32. The van der Waals surface area contributed by atoms with Gasteiger partial charge in [-0.3, -0.25) is 14.4 Å². The van der Waals surface area contributed by atoms with Gasteiger partial charge in [-0.1, -0.05) is 252 Å². The second-order valence-electron chi connectivity index (χ2n) is 20.2. The fraction of sp³-hybridized carbons (Fsp3) is 0.691. The zero-order valence-corrected chi connectivity index (χ0v) is 48.3. The van der Waals surface area contributed by atoms with Crippen molar-refractivity contribution in [2.24, 2.45) is 0 Å². The molecular formula is C68H114O6. The second-order valence-corrected chi connectivity index (χ2v) is 20.2. The largest absolute Gasteiger partial charge is 0.462 e. The van der Waals surface area contributed by atoms with E-state index in [9.17, 15) is 14.4 Å². The van der Waals surface area contributed by atoms with Crippen LogP contribution in [-0.4, -0.2) is 37.2 Å². The molecule has 6 heteroatoms. The lowest BCUT2D eigenvalue weighted by Gasteiger charge is -2.18.